The summed E-state index contributed by atoms with van der Waals surface area (Å²) in [6.07, 6.45) is 1.08. The number of fused-ring (bicyclic) bond motifs is 1. The number of likely N-dealkylation sites (N-methyl/N-ethyl adjacent to an activating group) is 1. The number of thioether (sulfide) groups is 1. The molecule has 0 bridgehead atoms. The standard InChI is InChI=1S/C22H22N2OS2/c1-2-24-12-11-16-9-10-17(14-20(16)24)23-22(25)19-7-3-4-8-21(19)27-15-18-6-5-13-26-18/h3-10,13-14H,2,11-12,15H2,1H3,(H,23,25). The minimum absolute atomic E-state index is 0.0507. The lowest BCUT2D eigenvalue weighted by Gasteiger charge is -2.17. The molecule has 1 N–H and O–H groups in total. The number of carbonyl (C=O) groups excluding carboxylic acids is 1. The summed E-state index contributed by atoms with van der Waals surface area (Å²) in [5.74, 6) is 0.831. The minimum Gasteiger partial charge on any atom is -0.371 e. The van der Waals surface area contributed by atoms with Gasteiger partial charge in [-0.2, -0.15) is 0 Å². The summed E-state index contributed by atoms with van der Waals surface area (Å²) in [7, 11) is 0. The van der Waals surface area contributed by atoms with E-state index in [0.29, 0.717) is 0 Å². The Hall–Kier alpha value is -2.24. The first-order valence-electron chi connectivity index (χ1n) is 9.18. The fourth-order valence-electron chi connectivity index (χ4n) is 3.37. The van der Waals surface area contributed by atoms with Crippen molar-refractivity contribution in [3.05, 3.63) is 76.0 Å². The van der Waals surface area contributed by atoms with Crippen LogP contribution in [0.4, 0.5) is 11.4 Å². The molecule has 0 saturated carbocycles. The van der Waals surface area contributed by atoms with Crippen molar-refractivity contribution in [3.8, 4) is 0 Å². The van der Waals surface area contributed by atoms with Gasteiger partial charge in [-0.1, -0.05) is 24.3 Å². The maximum absolute atomic E-state index is 12.9. The number of hydrogen-bond donors (Lipinski definition) is 1. The first-order valence-corrected chi connectivity index (χ1v) is 11.0. The van der Waals surface area contributed by atoms with Crippen LogP contribution >= 0.6 is 23.1 Å². The third-order valence-corrected chi connectivity index (χ3v) is 6.98. The highest BCUT2D eigenvalue weighted by Gasteiger charge is 2.19. The van der Waals surface area contributed by atoms with Crippen molar-refractivity contribution in [3.63, 3.8) is 0 Å². The second kappa shape index (κ2) is 8.19. The smallest absolute Gasteiger partial charge is 0.256 e. The summed E-state index contributed by atoms with van der Waals surface area (Å²) in [6.45, 7) is 4.22. The molecule has 5 heteroatoms. The predicted molar refractivity (Wildman–Crippen MR) is 116 cm³/mol. The highest BCUT2D eigenvalue weighted by molar-refractivity contribution is 7.98. The molecule has 1 aliphatic rings. The molecule has 138 valence electrons. The molecule has 0 aliphatic carbocycles. The molecule has 27 heavy (non-hydrogen) atoms. The Morgan fingerprint density at radius 1 is 1.19 bits per heavy atom. The second-order valence-electron chi connectivity index (χ2n) is 6.49. The van der Waals surface area contributed by atoms with Crippen LogP contribution in [0.5, 0.6) is 0 Å². The molecule has 1 amide bonds. The van der Waals surface area contributed by atoms with Gasteiger partial charge in [-0.05, 0) is 54.6 Å². The number of thiophene rings is 1. The van der Waals surface area contributed by atoms with E-state index < -0.39 is 0 Å². The van der Waals surface area contributed by atoms with Gasteiger partial charge in [0.2, 0.25) is 0 Å². The molecule has 2 heterocycles. The molecular weight excluding hydrogens is 372 g/mol. The Morgan fingerprint density at radius 2 is 2.07 bits per heavy atom. The average Bonchev–Trinajstić information content (AvgIpc) is 3.35. The molecule has 0 atom stereocenters. The van der Waals surface area contributed by atoms with Crippen molar-refractivity contribution in [1.82, 2.24) is 0 Å². The van der Waals surface area contributed by atoms with E-state index in [1.165, 1.54) is 16.1 Å². The lowest BCUT2D eigenvalue weighted by molar-refractivity contribution is 0.102. The number of benzene rings is 2. The number of rotatable bonds is 6. The zero-order valence-corrected chi connectivity index (χ0v) is 16.9. The molecule has 2 aromatic carbocycles. The average molecular weight is 395 g/mol. The first kappa shape index (κ1) is 18.1. The van der Waals surface area contributed by atoms with Crippen LogP contribution in [0.1, 0.15) is 27.7 Å². The Labute approximate surface area is 168 Å². The Bertz CT molecular complexity index is 937. The van der Waals surface area contributed by atoms with Gasteiger partial charge in [0.25, 0.3) is 5.91 Å². The summed E-state index contributed by atoms with van der Waals surface area (Å²) in [4.78, 5) is 17.6. The summed E-state index contributed by atoms with van der Waals surface area (Å²) in [5.41, 5.74) is 4.20. The van der Waals surface area contributed by atoms with Gasteiger partial charge in [-0.25, -0.2) is 0 Å². The largest absolute Gasteiger partial charge is 0.371 e. The number of amides is 1. The van der Waals surface area contributed by atoms with Crippen molar-refractivity contribution < 1.29 is 4.79 Å². The molecule has 3 aromatic rings. The molecule has 3 nitrogen and oxygen atoms in total. The topological polar surface area (TPSA) is 32.3 Å². The van der Waals surface area contributed by atoms with E-state index in [-0.39, 0.29) is 5.91 Å². The maximum atomic E-state index is 12.9. The van der Waals surface area contributed by atoms with Crippen LogP contribution in [-0.2, 0) is 12.2 Å². The first-order chi connectivity index (χ1) is 13.2. The Morgan fingerprint density at radius 3 is 2.89 bits per heavy atom. The molecule has 0 spiro atoms. The van der Waals surface area contributed by atoms with Crippen molar-refractivity contribution in [2.75, 3.05) is 23.3 Å². The third-order valence-electron chi connectivity index (χ3n) is 4.80. The Kier molecular flexibility index (Phi) is 5.50. The second-order valence-corrected chi connectivity index (χ2v) is 8.54. The molecule has 0 unspecified atom stereocenters. The van der Waals surface area contributed by atoms with Crippen LogP contribution in [0.25, 0.3) is 0 Å². The zero-order valence-electron chi connectivity index (χ0n) is 15.3. The van der Waals surface area contributed by atoms with E-state index in [2.05, 4.69) is 46.8 Å². The van der Waals surface area contributed by atoms with E-state index >= 15 is 0 Å². The van der Waals surface area contributed by atoms with Crippen LogP contribution in [0, 0.1) is 0 Å². The molecule has 1 aliphatic heterocycles. The number of carbonyl (C=O) groups is 1. The fourth-order valence-corrected chi connectivity index (χ4v) is 5.20. The van der Waals surface area contributed by atoms with Crippen LogP contribution in [-0.4, -0.2) is 19.0 Å². The van der Waals surface area contributed by atoms with Gasteiger partial charge in [-0.15, -0.1) is 23.1 Å². The predicted octanol–water partition coefficient (Wildman–Crippen LogP) is 5.68. The molecule has 1 aromatic heterocycles. The highest BCUT2D eigenvalue weighted by atomic mass is 32.2. The van der Waals surface area contributed by atoms with Crippen molar-refractivity contribution in [2.24, 2.45) is 0 Å². The molecular formula is C22H22N2OS2. The number of nitrogens with one attached hydrogen (secondary N) is 1. The van der Waals surface area contributed by atoms with E-state index in [1.54, 1.807) is 23.1 Å². The van der Waals surface area contributed by atoms with Crippen LogP contribution in [0.15, 0.2) is 64.9 Å². The van der Waals surface area contributed by atoms with Gasteiger partial charge in [-0.3, -0.25) is 4.79 Å². The number of nitrogens with zero attached hydrogens (tertiary/aromatic N) is 1. The van der Waals surface area contributed by atoms with Gasteiger partial charge >= 0.3 is 0 Å². The summed E-state index contributed by atoms with van der Waals surface area (Å²) < 4.78 is 0. The summed E-state index contributed by atoms with van der Waals surface area (Å²) in [5, 5.41) is 5.18. The van der Waals surface area contributed by atoms with Crippen LogP contribution < -0.4 is 10.2 Å². The molecule has 0 saturated heterocycles. The third kappa shape index (κ3) is 4.04. The van der Waals surface area contributed by atoms with Gasteiger partial charge < -0.3 is 10.2 Å². The van der Waals surface area contributed by atoms with Gasteiger partial charge in [0.1, 0.15) is 0 Å². The van der Waals surface area contributed by atoms with Crippen molar-refractivity contribution in [1.29, 1.82) is 0 Å². The highest BCUT2D eigenvalue weighted by Crippen LogP contribution is 2.32. The minimum atomic E-state index is -0.0507. The van der Waals surface area contributed by atoms with Gasteiger partial charge in [0, 0.05) is 40.0 Å². The lowest BCUT2D eigenvalue weighted by atomic mass is 10.1. The van der Waals surface area contributed by atoms with E-state index in [9.17, 15) is 4.79 Å². The normalized spacial score (nSPS) is 12.9. The number of anilines is 2. The zero-order chi connectivity index (χ0) is 18.6. The van der Waals surface area contributed by atoms with Gasteiger partial charge in [0.05, 0.1) is 5.56 Å². The lowest BCUT2D eigenvalue weighted by Crippen LogP contribution is -2.19. The SMILES string of the molecule is CCN1CCc2ccc(NC(=O)c3ccccc3SCc3cccs3)cc21. The molecule has 0 radical (unpaired) electrons. The van der Waals surface area contributed by atoms with Crippen molar-refractivity contribution in [2.45, 2.75) is 24.0 Å². The molecule has 0 fully saturated rings. The Balaban J connectivity index is 1.50. The van der Waals surface area contributed by atoms with Crippen molar-refractivity contribution >= 4 is 40.4 Å². The summed E-state index contributed by atoms with van der Waals surface area (Å²) >= 11 is 3.46. The van der Waals surface area contributed by atoms with E-state index in [1.807, 2.05) is 30.3 Å². The fraction of sp³-hybridized carbons (Fsp3) is 0.227. The van der Waals surface area contributed by atoms with Gasteiger partial charge in [0.15, 0.2) is 0 Å². The van der Waals surface area contributed by atoms with E-state index in [4.69, 9.17) is 0 Å². The number of hydrogen-bond acceptors (Lipinski definition) is 4. The monoisotopic (exact) mass is 394 g/mol. The quantitative estimate of drug-likeness (QED) is 0.546. The molecule has 4 rings (SSSR count). The maximum Gasteiger partial charge on any atom is 0.256 e. The van der Waals surface area contributed by atoms with Crippen LogP contribution in [0.2, 0.25) is 0 Å². The van der Waals surface area contributed by atoms with E-state index in [0.717, 1.165) is 41.4 Å². The summed E-state index contributed by atoms with van der Waals surface area (Å²) in [6, 6.07) is 18.3. The van der Waals surface area contributed by atoms with Crippen LogP contribution in [0.3, 0.4) is 0 Å².